The largest absolute Gasteiger partial charge is 0.354 e. The maximum atomic E-state index is 11.0. The molecule has 1 N–H and O–H groups in total. The van der Waals surface area contributed by atoms with Crippen LogP contribution in [0.15, 0.2) is 18.3 Å². The maximum absolute atomic E-state index is 11.0. The molecule has 12 heavy (non-hydrogen) atoms. The molecule has 1 aromatic heterocycles. The highest BCUT2D eigenvalue weighted by atomic mass is 16.1. The van der Waals surface area contributed by atoms with E-state index < -0.39 is 0 Å². The molecule has 1 heterocycles. The molecule has 1 rings (SSSR count). The fourth-order valence-corrected chi connectivity index (χ4v) is 0.722. The average Bonchev–Trinajstić information content (AvgIpc) is 2.17. The van der Waals surface area contributed by atoms with Crippen LogP contribution in [0.2, 0.25) is 0 Å². The molecule has 0 spiro atoms. The Morgan fingerprint density at radius 3 is 2.83 bits per heavy atom. The van der Waals surface area contributed by atoms with E-state index in [4.69, 9.17) is 5.26 Å². The fraction of sp³-hybridized carbons (Fsp3) is 0.125. The lowest BCUT2D eigenvalue weighted by Gasteiger charge is -1.96. The molecule has 0 aliphatic heterocycles. The van der Waals surface area contributed by atoms with E-state index >= 15 is 0 Å². The van der Waals surface area contributed by atoms with Gasteiger partial charge in [0.2, 0.25) is 0 Å². The van der Waals surface area contributed by atoms with Crippen LogP contribution in [0.1, 0.15) is 16.1 Å². The van der Waals surface area contributed by atoms with Crippen LogP contribution >= 0.6 is 0 Å². The van der Waals surface area contributed by atoms with Gasteiger partial charge in [-0.1, -0.05) is 0 Å². The van der Waals surface area contributed by atoms with Crippen molar-refractivity contribution >= 4 is 5.91 Å². The SMILES string of the molecule is CNC(=O)c1ccc(C#N)cn1. The molecule has 4 heteroatoms. The first-order valence-electron chi connectivity index (χ1n) is 3.36. The number of nitrogens with zero attached hydrogens (tertiary/aromatic N) is 2. The summed E-state index contributed by atoms with van der Waals surface area (Å²) in [5.41, 5.74) is 0.763. The first-order valence-corrected chi connectivity index (χ1v) is 3.36. The minimum atomic E-state index is -0.250. The molecule has 4 nitrogen and oxygen atoms in total. The smallest absolute Gasteiger partial charge is 0.269 e. The van der Waals surface area contributed by atoms with Crippen molar-refractivity contribution < 1.29 is 4.79 Å². The van der Waals surface area contributed by atoms with Crippen molar-refractivity contribution in [3.8, 4) is 6.07 Å². The van der Waals surface area contributed by atoms with E-state index in [0.29, 0.717) is 11.3 Å². The molecule has 0 unspecified atom stereocenters. The standard InChI is InChI=1S/C8H7N3O/c1-10-8(12)7-3-2-6(4-9)5-11-7/h2-3,5H,1H3,(H,10,12). The predicted octanol–water partition coefficient (Wildman–Crippen LogP) is 0.313. The number of rotatable bonds is 1. The minimum absolute atomic E-state index is 0.250. The number of aromatic nitrogens is 1. The number of nitriles is 1. The summed E-state index contributed by atoms with van der Waals surface area (Å²) in [6.07, 6.45) is 1.37. The van der Waals surface area contributed by atoms with Crippen LogP contribution in [0.4, 0.5) is 0 Å². The fourth-order valence-electron chi connectivity index (χ4n) is 0.722. The summed E-state index contributed by atoms with van der Waals surface area (Å²) in [5, 5.41) is 10.9. The van der Waals surface area contributed by atoms with Gasteiger partial charge in [-0.15, -0.1) is 0 Å². The zero-order chi connectivity index (χ0) is 8.97. The zero-order valence-corrected chi connectivity index (χ0v) is 6.53. The molecule has 1 amide bonds. The Kier molecular flexibility index (Phi) is 2.38. The van der Waals surface area contributed by atoms with Gasteiger partial charge in [-0.2, -0.15) is 5.26 Å². The first kappa shape index (κ1) is 8.21. The van der Waals surface area contributed by atoms with E-state index in [9.17, 15) is 4.79 Å². The number of carbonyl (C=O) groups excluding carboxylic acids is 1. The van der Waals surface area contributed by atoms with Crippen molar-refractivity contribution in [2.75, 3.05) is 7.05 Å². The highest BCUT2D eigenvalue weighted by Gasteiger charge is 2.02. The Morgan fingerprint density at radius 1 is 1.67 bits per heavy atom. The first-order chi connectivity index (χ1) is 5.77. The van der Waals surface area contributed by atoms with Gasteiger partial charge in [-0.05, 0) is 12.1 Å². The molecule has 0 fully saturated rings. The Bertz CT molecular complexity index is 323. The van der Waals surface area contributed by atoms with Crippen LogP contribution in [0, 0.1) is 11.3 Å². The maximum Gasteiger partial charge on any atom is 0.269 e. The van der Waals surface area contributed by atoms with Crippen molar-refractivity contribution in [1.29, 1.82) is 5.26 Å². The summed E-state index contributed by atoms with van der Waals surface area (Å²) >= 11 is 0. The number of hydrogen-bond donors (Lipinski definition) is 1. The van der Waals surface area contributed by atoms with Gasteiger partial charge in [0.1, 0.15) is 11.8 Å². The van der Waals surface area contributed by atoms with Gasteiger partial charge in [0.05, 0.1) is 5.56 Å². The lowest BCUT2D eigenvalue weighted by Crippen LogP contribution is -2.18. The number of hydrogen-bond acceptors (Lipinski definition) is 3. The molecular formula is C8H7N3O. The monoisotopic (exact) mass is 161 g/mol. The molecule has 0 aromatic carbocycles. The quantitative estimate of drug-likeness (QED) is 0.644. The van der Waals surface area contributed by atoms with Crippen molar-refractivity contribution in [2.45, 2.75) is 0 Å². The third-order valence-electron chi connectivity index (χ3n) is 1.35. The van der Waals surface area contributed by atoms with Crippen LogP contribution in [0.5, 0.6) is 0 Å². The lowest BCUT2D eigenvalue weighted by atomic mass is 10.2. The van der Waals surface area contributed by atoms with E-state index in [1.54, 1.807) is 6.07 Å². The Morgan fingerprint density at radius 2 is 2.42 bits per heavy atom. The minimum Gasteiger partial charge on any atom is -0.354 e. The summed E-state index contributed by atoms with van der Waals surface area (Å²) in [6, 6.07) is 4.98. The molecule has 0 saturated heterocycles. The van der Waals surface area contributed by atoms with Gasteiger partial charge in [0.25, 0.3) is 5.91 Å². The number of carbonyl (C=O) groups is 1. The van der Waals surface area contributed by atoms with Crippen LogP contribution < -0.4 is 5.32 Å². The van der Waals surface area contributed by atoms with E-state index in [2.05, 4.69) is 10.3 Å². The van der Waals surface area contributed by atoms with Gasteiger partial charge in [-0.25, -0.2) is 4.98 Å². The van der Waals surface area contributed by atoms with Crippen LogP contribution in [-0.4, -0.2) is 17.9 Å². The zero-order valence-electron chi connectivity index (χ0n) is 6.53. The van der Waals surface area contributed by atoms with Gasteiger partial charge < -0.3 is 5.32 Å². The van der Waals surface area contributed by atoms with Crippen LogP contribution in [0.25, 0.3) is 0 Å². The topological polar surface area (TPSA) is 65.8 Å². The molecular weight excluding hydrogens is 154 g/mol. The van der Waals surface area contributed by atoms with Gasteiger partial charge in [0.15, 0.2) is 0 Å². The highest BCUT2D eigenvalue weighted by Crippen LogP contribution is 1.97. The third kappa shape index (κ3) is 1.58. The van der Waals surface area contributed by atoms with Crippen molar-refractivity contribution in [2.24, 2.45) is 0 Å². The van der Waals surface area contributed by atoms with E-state index in [1.165, 1.54) is 19.3 Å². The summed E-state index contributed by atoms with van der Waals surface area (Å²) < 4.78 is 0. The Balaban J connectivity index is 2.94. The second kappa shape index (κ2) is 3.49. The third-order valence-corrected chi connectivity index (χ3v) is 1.35. The second-order valence-corrected chi connectivity index (χ2v) is 2.12. The van der Waals surface area contributed by atoms with Crippen LogP contribution in [0.3, 0.4) is 0 Å². The molecule has 1 aromatic rings. The van der Waals surface area contributed by atoms with E-state index in [-0.39, 0.29) is 5.91 Å². The predicted molar refractivity (Wildman–Crippen MR) is 42.3 cm³/mol. The van der Waals surface area contributed by atoms with Gasteiger partial charge in [0, 0.05) is 13.2 Å². The summed E-state index contributed by atoms with van der Waals surface area (Å²) in [6.45, 7) is 0. The molecule has 0 bridgehead atoms. The molecule has 0 atom stereocenters. The molecule has 0 aliphatic carbocycles. The number of amides is 1. The second-order valence-electron chi connectivity index (χ2n) is 2.12. The number of pyridine rings is 1. The summed E-state index contributed by atoms with van der Waals surface area (Å²) in [7, 11) is 1.53. The summed E-state index contributed by atoms with van der Waals surface area (Å²) in [4.78, 5) is 14.7. The Labute approximate surface area is 69.8 Å². The lowest BCUT2D eigenvalue weighted by molar-refractivity contribution is 0.0958. The van der Waals surface area contributed by atoms with Gasteiger partial charge in [-0.3, -0.25) is 4.79 Å². The van der Waals surface area contributed by atoms with Crippen molar-refractivity contribution in [3.05, 3.63) is 29.6 Å². The average molecular weight is 161 g/mol. The highest BCUT2D eigenvalue weighted by molar-refractivity contribution is 5.91. The van der Waals surface area contributed by atoms with Crippen LogP contribution in [-0.2, 0) is 0 Å². The van der Waals surface area contributed by atoms with Crippen molar-refractivity contribution in [3.63, 3.8) is 0 Å². The van der Waals surface area contributed by atoms with Crippen molar-refractivity contribution in [1.82, 2.24) is 10.3 Å². The van der Waals surface area contributed by atoms with Gasteiger partial charge >= 0.3 is 0 Å². The normalized spacial score (nSPS) is 8.67. The Hall–Kier alpha value is -1.89. The van der Waals surface area contributed by atoms with E-state index in [1.807, 2.05) is 6.07 Å². The molecule has 0 aliphatic rings. The summed E-state index contributed by atoms with van der Waals surface area (Å²) in [5.74, 6) is -0.250. The number of nitrogens with one attached hydrogen (secondary N) is 1. The molecule has 0 saturated carbocycles. The molecule has 60 valence electrons. The molecule has 0 radical (unpaired) electrons. The van der Waals surface area contributed by atoms with E-state index in [0.717, 1.165) is 0 Å².